The molecule has 0 fully saturated rings. The second kappa shape index (κ2) is 6.01. The van der Waals surface area contributed by atoms with Gasteiger partial charge in [0.25, 0.3) is 0 Å². The maximum Gasteiger partial charge on any atom is 0.241 e. The third kappa shape index (κ3) is 3.72. The Balaban J connectivity index is 2.31. The predicted molar refractivity (Wildman–Crippen MR) is 81.0 cm³/mol. The number of hydrogen-bond acceptors (Lipinski definition) is 3. The first-order valence-electron chi connectivity index (χ1n) is 6.12. The Hall–Kier alpha value is -1.63. The Kier molecular flexibility index (Phi) is 4.51. The van der Waals surface area contributed by atoms with E-state index in [-0.39, 0.29) is 10.6 Å². The molecule has 0 spiro atoms. The van der Waals surface area contributed by atoms with Gasteiger partial charge in [-0.2, -0.15) is 0 Å². The zero-order valence-electron chi connectivity index (χ0n) is 11.2. The molecule has 0 heterocycles. The molecule has 7 heteroatoms. The molecule has 2 aromatic rings. The van der Waals surface area contributed by atoms with E-state index in [9.17, 15) is 12.8 Å². The first kappa shape index (κ1) is 15.8. The fourth-order valence-corrected chi connectivity index (χ4v) is 3.52. The van der Waals surface area contributed by atoms with Crippen molar-refractivity contribution < 1.29 is 12.8 Å². The quantitative estimate of drug-likeness (QED) is 0.847. The molecule has 21 heavy (non-hydrogen) atoms. The second-order valence-electron chi connectivity index (χ2n) is 4.58. The molecule has 0 saturated carbocycles. The number of anilines is 1. The molecule has 112 valence electrons. The number of benzene rings is 2. The van der Waals surface area contributed by atoms with Crippen LogP contribution in [-0.2, 0) is 10.0 Å². The van der Waals surface area contributed by atoms with Gasteiger partial charge in [0.1, 0.15) is 5.82 Å². The summed E-state index contributed by atoms with van der Waals surface area (Å²) >= 11 is 6.03. The number of halogens is 2. The highest BCUT2D eigenvalue weighted by atomic mass is 35.5. The van der Waals surface area contributed by atoms with Gasteiger partial charge < -0.3 is 5.73 Å². The summed E-state index contributed by atoms with van der Waals surface area (Å²) in [4.78, 5) is -0.223. The van der Waals surface area contributed by atoms with E-state index in [1.54, 1.807) is 31.2 Å². The normalized spacial score (nSPS) is 13.1. The topological polar surface area (TPSA) is 72.2 Å². The van der Waals surface area contributed by atoms with Crippen LogP contribution in [0.25, 0.3) is 0 Å². The van der Waals surface area contributed by atoms with Crippen LogP contribution in [0.2, 0.25) is 5.02 Å². The van der Waals surface area contributed by atoms with E-state index in [4.69, 9.17) is 17.3 Å². The van der Waals surface area contributed by atoms with Crippen LogP contribution in [0.1, 0.15) is 18.5 Å². The third-order valence-corrected chi connectivity index (χ3v) is 4.77. The molecule has 0 amide bonds. The van der Waals surface area contributed by atoms with E-state index in [1.165, 1.54) is 6.07 Å². The van der Waals surface area contributed by atoms with E-state index < -0.39 is 21.9 Å². The molecular formula is C14H14ClFN2O2S. The molecule has 0 bridgehead atoms. The number of hydrogen-bond donors (Lipinski definition) is 2. The van der Waals surface area contributed by atoms with Gasteiger partial charge in [0.2, 0.25) is 10.0 Å². The Morgan fingerprint density at radius 1 is 1.24 bits per heavy atom. The summed E-state index contributed by atoms with van der Waals surface area (Å²) in [5.74, 6) is -0.708. The average molecular weight is 329 g/mol. The molecule has 1 atom stereocenters. The lowest BCUT2D eigenvalue weighted by atomic mass is 10.1. The molecule has 0 saturated heterocycles. The monoisotopic (exact) mass is 328 g/mol. The number of nitrogens with one attached hydrogen (secondary N) is 1. The Bertz CT molecular complexity index is 745. The van der Waals surface area contributed by atoms with Crippen LogP contribution in [0.5, 0.6) is 0 Å². The fraction of sp³-hybridized carbons (Fsp3) is 0.143. The van der Waals surface area contributed by atoms with E-state index >= 15 is 0 Å². The molecule has 0 aliphatic carbocycles. The standard InChI is InChI=1S/C14H14ClFN2O2S/c1-9(13-4-2-3-5-14(13)15)18-21(19,20)12-7-10(16)6-11(17)8-12/h2-9,18H,17H2,1H3. The van der Waals surface area contributed by atoms with Crippen LogP contribution in [0.3, 0.4) is 0 Å². The average Bonchev–Trinajstić information content (AvgIpc) is 2.37. The smallest absolute Gasteiger partial charge is 0.241 e. The Morgan fingerprint density at radius 2 is 1.90 bits per heavy atom. The molecule has 3 N–H and O–H groups in total. The maximum atomic E-state index is 13.3. The summed E-state index contributed by atoms with van der Waals surface area (Å²) in [6, 6.07) is 9.50. The van der Waals surface area contributed by atoms with Crippen molar-refractivity contribution in [3.05, 3.63) is 58.9 Å². The van der Waals surface area contributed by atoms with Gasteiger partial charge in [-0.3, -0.25) is 0 Å². The summed E-state index contributed by atoms with van der Waals surface area (Å²) in [7, 11) is -3.90. The van der Waals surface area contributed by atoms with Crippen molar-refractivity contribution in [1.29, 1.82) is 0 Å². The van der Waals surface area contributed by atoms with E-state index in [1.807, 2.05) is 0 Å². The number of rotatable bonds is 4. The molecule has 4 nitrogen and oxygen atoms in total. The molecular weight excluding hydrogens is 315 g/mol. The highest BCUT2D eigenvalue weighted by molar-refractivity contribution is 7.89. The zero-order chi connectivity index (χ0) is 15.6. The summed E-state index contributed by atoms with van der Waals surface area (Å²) in [5.41, 5.74) is 6.14. The molecule has 2 aromatic carbocycles. The van der Waals surface area contributed by atoms with Crippen LogP contribution in [0.4, 0.5) is 10.1 Å². The van der Waals surface area contributed by atoms with E-state index in [2.05, 4.69) is 4.72 Å². The van der Waals surface area contributed by atoms with Crippen molar-refractivity contribution in [3.63, 3.8) is 0 Å². The van der Waals surface area contributed by atoms with Crippen LogP contribution in [0, 0.1) is 5.82 Å². The first-order valence-corrected chi connectivity index (χ1v) is 7.98. The van der Waals surface area contributed by atoms with Gasteiger partial charge in [0.15, 0.2) is 0 Å². The molecule has 0 aromatic heterocycles. The molecule has 2 rings (SSSR count). The van der Waals surface area contributed by atoms with Gasteiger partial charge >= 0.3 is 0 Å². The maximum absolute atomic E-state index is 13.3. The number of nitrogen functional groups attached to an aromatic ring is 1. The third-order valence-electron chi connectivity index (χ3n) is 2.91. The fourth-order valence-electron chi connectivity index (χ4n) is 1.93. The lowest BCUT2D eigenvalue weighted by molar-refractivity contribution is 0.564. The van der Waals surface area contributed by atoms with Crippen molar-refractivity contribution in [2.24, 2.45) is 0 Å². The highest BCUT2D eigenvalue weighted by Gasteiger charge is 2.20. The van der Waals surface area contributed by atoms with Gasteiger partial charge in [-0.1, -0.05) is 29.8 Å². The largest absolute Gasteiger partial charge is 0.399 e. The molecule has 0 aliphatic heterocycles. The zero-order valence-corrected chi connectivity index (χ0v) is 12.7. The van der Waals surface area contributed by atoms with Crippen molar-refractivity contribution in [2.75, 3.05) is 5.73 Å². The minimum Gasteiger partial charge on any atom is -0.399 e. The number of sulfonamides is 1. The van der Waals surface area contributed by atoms with Crippen molar-refractivity contribution in [3.8, 4) is 0 Å². The summed E-state index contributed by atoms with van der Waals surface area (Å²) in [5, 5.41) is 0.450. The van der Waals surface area contributed by atoms with Gasteiger partial charge in [0.05, 0.1) is 4.90 Å². The second-order valence-corrected chi connectivity index (χ2v) is 6.71. The van der Waals surface area contributed by atoms with E-state index in [0.717, 1.165) is 12.1 Å². The first-order chi connectivity index (χ1) is 9.79. The lowest BCUT2D eigenvalue weighted by Crippen LogP contribution is -2.27. The highest BCUT2D eigenvalue weighted by Crippen LogP contribution is 2.24. The van der Waals surface area contributed by atoms with Crippen LogP contribution < -0.4 is 10.5 Å². The van der Waals surface area contributed by atoms with Crippen molar-refractivity contribution in [1.82, 2.24) is 4.72 Å². The van der Waals surface area contributed by atoms with E-state index in [0.29, 0.717) is 10.6 Å². The minimum absolute atomic E-state index is 0.0424. The van der Waals surface area contributed by atoms with Crippen LogP contribution in [0.15, 0.2) is 47.4 Å². The summed E-state index contributed by atoms with van der Waals surface area (Å²) < 4.78 is 40.2. The van der Waals surface area contributed by atoms with Gasteiger partial charge in [-0.25, -0.2) is 17.5 Å². The van der Waals surface area contributed by atoms with Gasteiger partial charge in [-0.05, 0) is 36.8 Å². The van der Waals surface area contributed by atoms with Crippen molar-refractivity contribution in [2.45, 2.75) is 17.9 Å². The summed E-state index contributed by atoms with van der Waals surface area (Å²) in [6.07, 6.45) is 0. The van der Waals surface area contributed by atoms with Crippen molar-refractivity contribution >= 4 is 27.3 Å². The van der Waals surface area contributed by atoms with Crippen LogP contribution in [-0.4, -0.2) is 8.42 Å². The SMILES string of the molecule is CC(NS(=O)(=O)c1cc(N)cc(F)c1)c1ccccc1Cl. The summed E-state index contributed by atoms with van der Waals surface area (Å²) in [6.45, 7) is 1.65. The van der Waals surface area contributed by atoms with Gasteiger partial charge in [0, 0.05) is 16.8 Å². The predicted octanol–water partition coefficient (Wildman–Crippen LogP) is 3.10. The Morgan fingerprint density at radius 3 is 2.52 bits per heavy atom. The Labute approximate surface area is 127 Å². The molecule has 0 radical (unpaired) electrons. The lowest BCUT2D eigenvalue weighted by Gasteiger charge is -2.16. The molecule has 1 unspecified atom stereocenters. The molecule has 0 aliphatic rings. The number of nitrogens with two attached hydrogens (primary N) is 1. The van der Waals surface area contributed by atoms with Gasteiger partial charge in [-0.15, -0.1) is 0 Å². The van der Waals surface area contributed by atoms with Crippen LogP contribution >= 0.6 is 11.6 Å². The minimum atomic E-state index is -3.90.